The summed E-state index contributed by atoms with van der Waals surface area (Å²) >= 11 is 0. The summed E-state index contributed by atoms with van der Waals surface area (Å²) in [4.78, 5) is 26.5. The number of likely N-dealkylation sites (tertiary alicyclic amines) is 1. The number of nitrogens with one attached hydrogen (secondary N) is 1. The van der Waals surface area contributed by atoms with Crippen LogP contribution in [0, 0.1) is 19.8 Å². The molecule has 0 unspecified atom stereocenters. The zero-order chi connectivity index (χ0) is 18.5. The van der Waals surface area contributed by atoms with Crippen molar-refractivity contribution in [2.24, 2.45) is 5.92 Å². The van der Waals surface area contributed by atoms with Crippen molar-refractivity contribution in [3.63, 3.8) is 0 Å². The van der Waals surface area contributed by atoms with Gasteiger partial charge in [0.05, 0.1) is 0 Å². The fourth-order valence-corrected chi connectivity index (χ4v) is 3.48. The van der Waals surface area contributed by atoms with Crippen LogP contribution in [0.25, 0.3) is 0 Å². The molecule has 136 valence electrons. The average Bonchev–Trinajstić information content (AvgIpc) is 2.65. The van der Waals surface area contributed by atoms with E-state index in [1.54, 1.807) is 4.90 Å². The molecule has 2 aromatic carbocycles. The number of rotatable bonds is 3. The molecule has 0 spiro atoms. The van der Waals surface area contributed by atoms with Crippen molar-refractivity contribution < 1.29 is 9.59 Å². The monoisotopic (exact) mass is 350 g/mol. The fraction of sp³-hybridized carbons (Fsp3) is 0.364. The van der Waals surface area contributed by atoms with Crippen LogP contribution >= 0.6 is 0 Å². The van der Waals surface area contributed by atoms with Gasteiger partial charge >= 0.3 is 11.8 Å². The summed E-state index contributed by atoms with van der Waals surface area (Å²) in [5.41, 5.74) is 4.06. The van der Waals surface area contributed by atoms with E-state index in [2.05, 4.69) is 29.6 Å². The number of hydrogen-bond donors (Lipinski definition) is 1. The third kappa shape index (κ3) is 4.51. The van der Waals surface area contributed by atoms with E-state index >= 15 is 0 Å². The lowest BCUT2D eigenvalue weighted by Gasteiger charge is -2.31. The zero-order valence-corrected chi connectivity index (χ0v) is 15.5. The topological polar surface area (TPSA) is 49.4 Å². The highest BCUT2D eigenvalue weighted by Gasteiger charge is 2.27. The number of nitrogens with zero attached hydrogens (tertiary/aromatic N) is 1. The van der Waals surface area contributed by atoms with Gasteiger partial charge in [0, 0.05) is 18.8 Å². The number of aryl methyl sites for hydroxylation is 2. The van der Waals surface area contributed by atoms with E-state index in [0.717, 1.165) is 30.4 Å². The van der Waals surface area contributed by atoms with Crippen molar-refractivity contribution in [2.75, 3.05) is 18.4 Å². The largest absolute Gasteiger partial charge is 0.334 e. The van der Waals surface area contributed by atoms with Crippen LogP contribution in [-0.2, 0) is 16.0 Å². The lowest BCUT2D eigenvalue weighted by atomic mass is 9.90. The first kappa shape index (κ1) is 18.2. The van der Waals surface area contributed by atoms with Crippen LogP contribution in [0.4, 0.5) is 5.69 Å². The van der Waals surface area contributed by atoms with Gasteiger partial charge in [0.15, 0.2) is 0 Å². The highest BCUT2D eigenvalue weighted by atomic mass is 16.2. The molecule has 1 aliphatic heterocycles. The summed E-state index contributed by atoms with van der Waals surface area (Å²) in [6.07, 6.45) is 2.92. The van der Waals surface area contributed by atoms with E-state index in [1.807, 2.05) is 38.1 Å². The Morgan fingerprint density at radius 2 is 1.73 bits per heavy atom. The van der Waals surface area contributed by atoms with E-state index in [1.165, 1.54) is 5.56 Å². The predicted molar refractivity (Wildman–Crippen MR) is 104 cm³/mol. The van der Waals surface area contributed by atoms with Gasteiger partial charge in [-0.2, -0.15) is 0 Å². The van der Waals surface area contributed by atoms with Gasteiger partial charge in [0.25, 0.3) is 0 Å². The molecular formula is C22H26N2O2. The predicted octanol–water partition coefficient (Wildman–Crippen LogP) is 3.72. The molecule has 0 aliphatic carbocycles. The number of amides is 2. The van der Waals surface area contributed by atoms with Crippen LogP contribution in [0.3, 0.4) is 0 Å². The van der Waals surface area contributed by atoms with Crippen molar-refractivity contribution in [3.05, 3.63) is 65.2 Å². The van der Waals surface area contributed by atoms with Gasteiger partial charge in [-0.3, -0.25) is 9.59 Å². The zero-order valence-electron chi connectivity index (χ0n) is 15.5. The molecule has 0 bridgehead atoms. The minimum atomic E-state index is -0.541. The maximum absolute atomic E-state index is 12.5. The normalized spacial score (nSPS) is 14.9. The molecule has 0 aromatic heterocycles. The summed E-state index contributed by atoms with van der Waals surface area (Å²) in [5, 5.41) is 2.77. The molecule has 4 heteroatoms. The number of piperidine rings is 1. The summed E-state index contributed by atoms with van der Waals surface area (Å²) in [5.74, 6) is -0.396. The van der Waals surface area contributed by atoms with Crippen LogP contribution in [-0.4, -0.2) is 29.8 Å². The lowest BCUT2D eigenvalue weighted by Crippen LogP contribution is -2.44. The molecule has 4 nitrogen and oxygen atoms in total. The standard InChI is InChI=1S/C22H26N2O2/c1-16-8-9-17(2)20(14-16)23-21(25)22(26)24-12-10-19(11-13-24)15-18-6-4-3-5-7-18/h3-9,14,19H,10-13,15H2,1-2H3,(H,23,25). The molecule has 1 fully saturated rings. The van der Waals surface area contributed by atoms with Crippen molar-refractivity contribution in [2.45, 2.75) is 33.1 Å². The maximum atomic E-state index is 12.5. The van der Waals surface area contributed by atoms with Crippen molar-refractivity contribution in [3.8, 4) is 0 Å². The molecule has 3 rings (SSSR count). The maximum Gasteiger partial charge on any atom is 0.313 e. The molecule has 0 saturated carbocycles. The molecule has 1 aliphatic rings. The Balaban J connectivity index is 1.53. The Bertz CT molecular complexity index is 778. The van der Waals surface area contributed by atoms with Crippen molar-refractivity contribution >= 4 is 17.5 Å². The van der Waals surface area contributed by atoms with E-state index in [4.69, 9.17) is 0 Å². The van der Waals surface area contributed by atoms with Gasteiger partial charge in [-0.1, -0.05) is 42.5 Å². The highest BCUT2D eigenvalue weighted by Crippen LogP contribution is 2.22. The Hall–Kier alpha value is -2.62. The molecule has 0 atom stereocenters. The van der Waals surface area contributed by atoms with E-state index < -0.39 is 11.8 Å². The Morgan fingerprint density at radius 1 is 1.04 bits per heavy atom. The smallest absolute Gasteiger partial charge is 0.313 e. The summed E-state index contributed by atoms with van der Waals surface area (Å²) in [6, 6.07) is 16.3. The Morgan fingerprint density at radius 3 is 2.42 bits per heavy atom. The average molecular weight is 350 g/mol. The number of benzene rings is 2. The molecular weight excluding hydrogens is 324 g/mol. The van der Waals surface area contributed by atoms with E-state index in [9.17, 15) is 9.59 Å². The van der Waals surface area contributed by atoms with Crippen LogP contribution in [0.5, 0.6) is 0 Å². The number of carbonyl (C=O) groups is 2. The SMILES string of the molecule is Cc1ccc(C)c(NC(=O)C(=O)N2CCC(Cc3ccccc3)CC2)c1. The molecule has 0 radical (unpaired) electrons. The van der Waals surface area contributed by atoms with Gasteiger partial charge in [-0.05, 0) is 61.8 Å². The second-order valence-corrected chi connectivity index (χ2v) is 7.20. The highest BCUT2D eigenvalue weighted by molar-refractivity contribution is 6.39. The van der Waals surface area contributed by atoms with Gasteiger partial charge < -0.3 is 10.2 Å². The minimum Gasteiger partial charge on any atom is -0.334 e. The number of hydrogen-bond acceptors (Lipinski definition) is 2. The number of carbonyl (C=O) groups excluding carboxylic acids is 2. The third-order valence-electron chi connectivity index (χ3n) is 5.10. The lowest BCUT2D eigenvalue weighted by molar-refractivity contribution is -0.144. The number of anilines is 1. The molecule has 1 N–H and O–H groups in total. The first-order valence-electron chi connectivity index (χ1n) is 9.24. The fourth-order valence-electron chi connectivity index (χ4n) is 3.48. The van der Waals surface area contributed by atoms with Crippen molar-refractivity contribution in [1.82, 2.24) is 4.90 Å². The summed E-state index contributed by atoms with van der Waals surface area (Å²) in [6.45, 7) is 5.19. The summed E-state index contributed by atoms with van der Waals surface area (Å²) < 4.78 is 0. The Kier molecular flexibility index (Phi) is 5.71. The molecule has 2 amide bonds. The molecule has 1 heterocycles. The van der Waals surface area contributed by atoms with Gasteiger partial charge in [0.1, 0.15) is 0 Å². The first-order chi connectivity index (χ1) is 12.5. The molecule has 1 saturated heterocycles. The van der Waals surface area contributed by atoms with E-state index in [0.29, 0.717) is 24.7 Å². The van der Waals surface area contributed by atoms with Gasteiger partial charge in [-0.15, -0.1) is 0 Å². The second-order valence-electron chi connectivity index (χ2n) is 7.20. The van der Waals surface area contributed by atoms with Crippen LogP contribution in [0.15, 0.2) is 48.5 Å². The van der Waals surface area contributed by atoms with Crippen LogP contribution in [0.2, 0.25) is 0 Å². The first-order valence-corrected chi connectivity index (χ1v) is 9.24. The Labute approximate surface area is 155 Å². The van der Waals surface area contributed by atoms with Gasteiger partial charge in [0.2, 0.25) is 0 Å². The van der Waals surface area contributed by atoms with Gasteiger partial charge in [-0.25, -0.2) is 0 Å². The third-order valence-corrected chi connectivity index (χ3v) is 5.10. The van der Waals surface area contributed by atoms with E-state index in [-0.39, 0.29) is 0 Å². The molecule has 2 aromatic rings. The quantitative estimate of drug-likeness (QED) is 0.858. The van der Waals surface area contributed by atoms with Crippen LogP contribution < -0.4 is 5.32 Å². The van der Waals surface area contributed by atoms with Crippen LogP contribution in [0.1, 0.15) is 29.5 Å². The second kappa shape index (κ2) is 8.17. The summed E-state index contributed by atoms with van der Waals surface area (Å²) in [7, 11) is 0. The minimum absolute atomic E-state index is 0.427. The van der Waals surface area contributed by atoms with Crippen molar-refractivity contribution in [1.29, 1.82) is 0 Å². The molecule has 26 heavy (non-hydrogen) atoms.